The van der Waals surface area contributed by atoms with Gasteiger partial charge in [0.05, 0.1) is 17.4 Å². The highest BCUT2D eigenvalue weighted by Crippen LogP contribution is 2.33. The Hall–Kier alpha value is -3.02. The Morgan fingerprint density at radius 1 is 1.04 bits per heavy atom. The normalized spacial score (nSPS) is 11.4. The van der Waals surface area contributed by atoms with Crippen LogP contribution in [0.3, 0.4) is 0 Å². The fourth-order valence-electron chi connectivity index (χ4n) is 2.64. The molecule has 1 amide bonds. The number of carbonyl (C=O) groups is 1. The van der Waals surface area contributed by atoms with E-state index in [1.807, 2.05) is 13.0 Å². The summed E-state index contributed by atoms with van der Waals surface area (Å²) < 4.78 is 43.7. The number of benzene rings is 2. The molecule has 1 heterocycles. The van der Waals surface area contributed by atoms with E-state index < -0.39 is 11.7 Å². The molecule has 3 rings (SSSR count). The lowest BCUT2D eigenvalue weighted by atomic mass is 10.0. The Balaban J connectivity index is 1.96. The number of amides is 1. The van der Waals surface area contributed by atoms with Gasteiger partial charge in [0.2, 0.25) is 0 Å². The number of anilines is 1. The third-order valence-electron chi connectivity index (χ3n) is 3.98. The molecular formula is C20H16F3NO2. The van der Waals surface area contributed by atoms with Gasteiger partial charge in [-0.1, -0.05) is 37.3 Å². The zero-order valence-electron chi connectivity index (χ0n) is 13.9. The number of nitrogens with one attached hydrogen (secondary N) is 1. The minimum atomic E-state index is -4.41. The molecule has 3 nitrogen and oxygen atoms in total. The van der Waals surface area contributed by atoms with E-state index in [0.29, 0.717) is 28.8 Å². The summed E-state index contributed by atoms with van der Waals surface area (Å²) in [4.78, 5) is 12.7. The fraction of sp³-hybridized carbons (Fsp3) is 0.150. The molecule has 0 saturated heterocycles. The van der Waals surface area contributed by atoms with Crippen LogP contribution in [0.2, 0.25) is 0 Å². The molecule has 1 N–H and O–H groups in total. The lowest BCUT2D eigenvalue weighted by molar-refractivity contribution is -0.137. The zero-order valence-corrected chi connectivity index (χ0v) is 13.9. The minimum absolute atomic E-state index is 0.254. The van der Waals surface area contributed by atoms with Crippen LogP contribution in [0.5, 0.6) is 0 Å². The van der Waals surface area contributed by atoms with Crippen LogP contribution in [-0.4, -0.2) is 5.91 Å². The van der Waals surface area contributed by atoms with Gasteiger partial charge in [-0.05, 0) is 30.7 Å². The maximum atomic E-state index is 12.7. The summed E-state index contributed by atoms with van der Waals surface area (Å²) in [5.74, 6) is -0.110. The van der Waals surface area contributed by atoms with Crippen LogP contribution >= 0.6 is 0 Å². The summed E-state index contributed by atoms with van der Waals surface area (Å²) in [5.41, 5.74) is 1.30. The van der Waals surface area contributed by atoms with E-state index in [9.17, 15) is 18.0 Å². The second-order valence-corrected chi connectivity index (χ2v) is 5.71. The van der Waals surface area contributed by atoms with Gasteiger partial charge < -0.3 is 9.73 Å². The monoisotopic (exact) mass is 359 g/mol. The summed E-state index contributed by atoms with van der Waals surface area (Å²) in [6.45, 7) is 1.88. The Kier molecular flexibility index (Phi) is 4.84. The number of alkyl halides is 3. The smallest absolute Gasteiger partial charge is 0.416 e. The molecular weight excluding hydrogens is 343 g/mol. The van der Waals surface area contributed by atoms with Crippen LogP contribution in [0.1, 0.15) is 28.4 Å². The van der Waals surface area contributed by atoms with Crippen LogP contribution in [0, 0.1) is 0 Å². The predicted octanol–water partition coefficient (Wildman–Crippen LogP) is 5.78. The summed E-state index contributed by atoms with van der Waals surface area (Å²) >= 11 is 0. The number of para-hydroxylation sites is 1. The van der Waals surface area contributed by atoms with Crippen LogP contribution in [0.4, 0.5) is 18.9 Å². The minimum Gasteiger partial charge on any atom is -0.463 e. The molecule has 0 aliphatic heterocycles. The molecule has 0 aliphatic carbocycles. The van der Waals surface area contributed by atoms with Crippen LogP contribution < -0.4 is 5.32 Å². The molecule has 0 fully saturated rings. The van der Waals surface area contributed by atoms with E-state index >= 15 is 0 Å². The molecule has 2 aromatic carbocycles. The van der Waals surface area contributed by atoms with E-state index in [1.54, 1.807) is 24.3 Å². The first-order valence-corrected chi connectivity index (χ1v) is 8.04. The Morgan fingerprint density at radius 3 is 2.27 bits per heavy atom. The van der Waals surface area contributed by atoms with Crippen LogP contribution in [-0.2, 0) is 12.6 Å². The first-order chi connectivity index (χ1) is 12.4. The summed E-state index contributed by atoms with van der Waals surface area (Å²) in [7, 11) is 0. The van der Waals surface area contributed by atoms with Crippen LogP contribution in [0.15, 0.2) is 65.3 Å². The topological polar surface area (TPSA) is 42.2 Å². The van der Waals surface area contributed by atoms with Gasteiger partial charge in [0.1, 0.15) is 5.76 Å². The van der Waals surface area contributed by atoms with Gasteiger partial charge in [0.25, 0.3) is 5.91 Å². The summed E-state index contributed by atoms with van der Waals surface area (Å²) in [6.07, 6.45) is -2.39. The summed E-state index contributed by atoms with van der Waals surface area (Å²) in [6, 6.07) is 13.5. The van der Waals surface area contributed by atoms with E-state index in [4.69, 9.17) is 4.42 Å². The highest BCUT2D eigenvalue weighted by Gasteiger charge is 2.30. The van der Waals surface area contributed by atoms with Crippen molar-refractivity contribution < 1.29 is 22.4 Å². The quantitative estimate of drug-likeness (QED) is 0.641. The van der Waals surface area contributed by atoms with Crippen molar-refractivity contribution in [1.82, 2.24) is 0 Å². The largest absolute Gasteiger partial charge is 0.463 e. The third kappa shape index (κ3) is 3.64. The van der Waals surface area contributed by atoms with Crippen molar-refractivity contribution in [2.24, 2.45) is 0 Å². The first-order valence-electron chi connectivity index (χ1n) is 8.04. The summed E-state index contributed by atoms with van der Waals surface area (Å²) in [5, 5.41) is 2.79. The van der Waals surface area contributed by atoms with E-state index in [-0.39, 0.29) is 11.7 Å². The van der Waals surface area contributed by atoms with Crippen LogP contribution in [0.25, 0.3) is 11.3 Å². The van der Waals surface area contributed by atoms with Gasteiger partial charge in [-0.3, -0.25) is 4.79 Å². The molecule has 0 bridgehead atoms. The van der Waals surface area contributed by atoms with Gasteiger partial charge >= 0.3 is 6.18 Å². The van der Waals surface area contributed by atoms with Crippen molar-refractivity contribution >= 4 is 11.6 Å². The number of rotatable bonds is 4. The molecule has 0 saturated carbocycles. The second kappa shape index (κ2) is 7.07. The number of carbonyl (C=O) groups excluding carboxylic acids is 1. The van der Waals surface area contributed by atoms with E-state index in [1.165, 1.54) is 18.4 Å². The predicted molar refractivity (Wildman–Crippen MR) is 92.9 cm³/mol. The van der Waals surface area contributed by atoms with Crippen molar-refractivity contribution in [3.8, 4) is 11.3 Å². The second-order valence-electron chi connectivity index (χ2n) is 5.71. The fourth-order valence-corrected chi connectivity index (χ4v) is 2.64. The molecule has 0 aliphatic rings. The van der Waals surface area contributed by atoms with Gasteiger partial charge in [0.15, 0.2) is 0 Å². The van der Waals surface area contributed by atoms with Crippen molar-refractivity contribution in [2.75, 3.05) is 5.32 Å². The maximum Gasteiger partial charge on any atom is 0.416 e. The standard InChI is InChI=1S/C20H16F3NO2/c1-2-13-12-26-18(14-8-10-15(11-9-14)20(21,22)23)17(13)19(25)24-16-6-4-3-5-7-16/h3-12H,2H2,1H3,(H,24,25). The number of halogens is 3. The lowest BCUT2D eigenvalue weighted by Gasteiger charge is -2.09. The van der Waals surface area contributed by atoms with E-state index in [0.717, 1.165) is 12.1 Å². The average Bonchev–Trinajstić information content (AvgIpc) is 3.06. The molecule has 6 heteroatoms. The van der Waals surface area contributed by atoms with Crippen molar-refractivity contribution in [3.05, 3.63) is 77.6 Å². The third-order valence-corrected chi connectivity index (χ3v) is 3.98. The molecule has 3 aromatic rings. The maximum absolute atomic E-state index is 12.7. The highest BCUT2D eigenvalue weighted by atomic mass is 19.4. The highest BCUT2D eigenvalue weighted by molar-refractivity contribution is 6.09. The van der Waals surface area contributed by atoms with Gasteiger partial charge in [-0.25, -0.2) is 0 Å². The number of hydrogen-bond donors (Lipinski definition) is 1. The number of furan rings is 1. The SMILES string of the molecule is CCc1coc(-c2ccc(C(F)(F)F)cc2)c1C(=O)Nc1ccccc1. The molecule has 26 heavy (non-hydrogen) atoms. The number of aryl methyl sites for hydroxylation is 1. The van der Waals surface area contributed by atoms with E-state index in [2.05, 4.69) is 5.32 Å². The molecule has 0 atom stereocenters. The van der Waals surface area contributed by atoms with Gasteiger partial charge in [0, 0.05) is 16.8 Å². The Morgan fingerprint density at radius 2 is 1.69 bits per heavy atom. The average molecular weight is 359 g/mol. The Bertz CT molecular complexity index is 897. The van der Waals surface area contributed by atoms with Crippen molar-refractivity contribution in [2.45, 2.75) is 19.5 Å². The van der Waals surface area contributed by atoms with Gasteiger partial charge in [-0.2, -0.15) is 13.2 Å². The molecule has 1 aromatic heterocycles. The molecule has 0 unspecified atom stereocenters. The Labute approximate surface area is 148 Å². The van der Waals surface area contributed by atoms with Gasteiger partial charge in [-0.15, -0.1) is 0 Å². The molecule has 0 spiro atoms. The van der Waals surface area contributed by atoms with Crippen molar-refractivity contribution in [1.29, 1.82) is 0 Å². The number of hydrogen-bond acceptors (Lipinski definition) is 2. The molecule has 134 valence electrons. The van der Waals surface area contributed by atoms with Crippen molar-refractivity contribution in [3.63, 3.8) is 0 Å². The molecule has 0 radical (unpaired) electrons. The first kappa shape index (κ1) is 17.8. The zero-order chi connectivity index (χ0) is 18.7. The lowest BCUT2D eigenvalue weighted by Crippen LogP contribution is -2.14.